The Morgan fingerprint density at radius 1 is 1.06 bits per heavy atom. The summed E-state index contributed by atoms with van der Waals surface area (Å²) in [6.07, 6.45) is 1.48. The second-order valence-corrected chi connectivity index (χ2v) is 8.88. The second kappa shape index (κ2) is 10.7. The number of halogens is 2. The maximum atomic E-state index is 12.4. The Morgan fingerprint density at radius 3 is 2.55 bits per heavy atom. The van der Waals surface area contributed by atoms with Gasteiger partial charge in [0.25, 0.3) is 5.91 Å². The molecule has 0 aliphatic carbocycles. The summed E-state index contributed by atoms with van der Waals surface area (Å²) in [5.74, 6) is 0.545. The van der Waals surface area contributed by atoms with Crippen LogP contribution < -0.4 is 5.43 Å². The van der Waals surface area contributed by atoms with Crippen molar-refractivity contribution < 1.29 is 4.79 Å². The summed E-state index contributed by atoms with van der Waals surface area (Å²) >= 11 is 13.3. The van der Waals surface area contributed by atoms with Crippen LogP contribution in [0.4, 0.5) is 0 Å². The molecular weight excluding hydrogens is 477 g/mol. The minimum absolute atomic E-state index is 0.116. The molecule has 4 rings (SSSR count). The van der Waals surface area contributed by atoms with Crippen molar-refractivity contribution >= 4 is 47.1 Å². The molecule has 0 radical (unpaired) electrons. The predicted octanol–water partition coefficient (Wildman–Crippen LogP) is 5.79. The first-order valence-corrected chi connectivity index (χ1v) is 11.7. The van der Waals surface area contributed by atoms with Crippen LogP contribution in [0.1, 0.15) is 11.1 Å². The SMILES string of the molecule is Cc1ccc(-n2c(SCC(=O)N/N=C/c3ccc(Cl)cc3Cl)nnc2-c2ccccc2)cc1. The van der Waals surface area contributed by atoms with E-state index in [1.807, 2.05) is 66.1 Å². The number of carbonyl (C=O) groups excluding carboxylic acids is 1. The molecule has 1 amide bonds. The molecule has 0 spiro atoms. The quantitative estimate of drug-likeness (QED) is 0.200. The van der Waals surface area contributed by atoms with Gasteiger partial charge in [0, 0.05) is 21.8 Å². The Morgan fingerprint density at radius 2 is 1.82 bits per heavy atom. The Hall–Kier alpha value is -3.13. The lowest BCUT2D eigenvalue weighted by Gasteiger charge is -2.10. The minimum atomic E-state index is -0.277. The van der Waals surface area contributed by atoms with Gasteiger partial charge in [0.1, 0.15) is 0 Å². The molecule has 0 unspecified atom stereocenters. The van der Waals surface area contributed by atoms with Crippen LogP contribution in [0.3, 0.4) is 0 Å². The van der Waals surface area contributed by atoms with Gasteiger partial charge in [-0.3, -0.25) is 9.36 Å². The fourth-order valence-corrected chi connectivity index (χ4v) is 4.21. The van der Waals surface area contributed by atoms with E-state index in [-0.39, 0.29) is 11.7 Å². The smallest absolute Gasteiger partial charge is 0.250 e. The van der Waals surface area contributed by atoms with E-state index in [2.05, 4.69) is 20.7 Å². The number of aromatic nitrogens is 3. The molecular formula is C24H19Cl2N5OS. The normalized spacial score (nSPS) is 11.1. The van der Waals surface area contributed by atoms with E-state index in [4.69, 9.17) is 23.2 Å². The fourth-order valence-electron chi connectivity index (χ4n) is 3.01. The molecule has 0 saturated heterocycles. The van der Waals surface area contributed by atoms with Crippen LogP contribution >= 0.6 is 35.0 Å². The van der Waals surface area contributed by atoms with Crippen molar-refractivity contribution in [2.24, 2.45) is 5.10 Å². The van der Waals surface area contributed by atoms with Gasteiger partial charge in [-0.1, -0.05) is 89.1 Å². The molecule has 33 heavy (non-hydrogen) atoms. The highest BCUT2D eigenvalue weighted by atomic mass is 35.5. The summed E-state index contributed by atoms with van der Waals surface area (Å²) in [7, 11) is 0. The van der Waals surface area contributed by atoms with Gasteiger partial charge in [0.2, 0.25) is 0 Å². The van der Waals surface area contributed by atoms with Crippen LogP contribution in [0.15, 0.2) is 83.1 Å². The first kappa shape index (κ1) is 23.0. The standard InChI is InChI=1S/C24H19Cl2N5OS/c1-16-7-11-20(12-8-16)31-23(17-5-3-2-4-6-17)29-30-24(31)33-15-22(32)28-27-14-18-9-10-19(25)13-21(18)26/h2-14H,15H2,1H3,(H,28,32)/b27-14+. The molecule has 1 heterocycles. The van der Waals surface area contributed by atoms with Gasteiger partial charge < -0.3 is 0 Å². The van der Waals surface area contributed by atoms with E-state index in [1.165, 1.54) is 18.0 Å². The maximum absolute atomic E-state index is 12.4. The predicted molar refractivity (Wildman–Crippen MR) is 134 cm³/mol. The molecule has 166 valence electrons. The summed E-state index contributed by atoms with van der Waals surface area (Å²) in [6, 6.07) is 22.9. The van der Waals surface area contributed by atoms with Gasteiger partial charge in [-0.15, -0.1) is 10.2 Å². The first-order chi connectivity index (χ1) is 16.0. The van der Waals surface area contributed by atoms with Crippen LogP contribution in [-0.2, 0) is 4.79 Å². The van der Waals surface area contributed by atoms with E-state index in [1.54, 1.807) is 18.2 Å². The monoisotopic (exact) mass is 495 g/mol. The van der Waals surface area contributed by atoms with Crippen LogP contribution in [-0.4, -0.2) is 32.6 Å². The zero-order valence-electron chi connectivity index (χ0n) is 17.6. The van der Waals surface area contributed by atoms with Crippen molar-refractivity contribution in [3.05, 3.63) is 94.0 Å². The highest BCUT2D eigenvalue weighted by Crippen LogP contribution is 2.28. The van der Waals surface area contributed by atoms with Gasteiger partial charge in [-0.05, 0) is 31.2 Å². The summed E-state index contributed by atoms with van der Waals surface area (Å²) < 4.78 is 1.95. The fraction of sp³-hybridized carbons (Fsp3) is 0.0833. The number of rotatable bonds is 7. The van der Waals surface area contributed by atoms with Gasteiger partial charge in [-0.25, -0.2) is 5.43 Å². The molecule has 0 aliphatic rings. The molecule has 3 aromatic carbocycles. The Kier molecular flexibility index (Phi) is 7.44. The largest absolute Gasteiger partial charge is 0.272 e. The second-order valence-electron chi connectivity index (χ2n) is 7.09. The van der Waals surface area contributed by atoms with Gasteiger partial charge in [0.15, 0.2) is 11.0 Å². The highest BCUT2D eigenvalue weighted by Gasteiger charge is 2.17. The molecule has 0 aliphatic heterocycles. The number of hydrogen-bond acceptors (Lipinski definition) is 5. The number of nitrogens with one attached hydrogen (secondary N) is 1. The van der Waals surface area contributed by atoms with Crippen molar-refractivity contribution in [3.63, 3.8) is 0 Å². The van der Waals surface area contributed by atoms with Crippen LogP contribution in [0, 0.1) is 6.92 Å². The van der Waals surface area contributed by atoms with Crippen molar-refractivity contribution in [1.82, 2.24) is 20.2 Å². The average molecular weight is 496 g/mol. The summed E-state index contributed by atoms with van der Waals surface area (Å²) in [5, 5.41) is 14.3. The Labute approximate surface area is 205 Å². The molecule has 9 heteroatoms. The van der Waals surface area contributed by atoms with Gasteiger partial charge >= 0.3 is 0 Å². The lowest BCUT2D eigenvalue weighted by molar-refractivity contribution is -0.118. The highest BCUT2D eigenvalue weighted by molar-refractivity contribution is 7.99. The molecule has 0 saturated carbocycles. The van der Waals surface area contributed by atoms with Crippen molar-refractivity contribution in [2.75, 3.05) is 5.75 Å². The number of amides is 1. The number of aryl methyl sites for hydroxylation is 1. The summed E-state index contributed by atoms with van der Waals surface area (Å²) in [6.45, 7) is 2.03. The third kappa shape index (κ3) is 5.82. The molecule has 0 fully saturated rings. The third-order valence-electron chi connectivity index (χ3n) is 4.65. The molecule has 4 aromatic rings. The number of hydrazone groups is 1. The zero-order valence-corrected chi connectivity index (χ0v) is 19.9. The zero-order chi connectivity index (χ0) is 23.2. The molecule has 1 N–H and O–H groups in total. The average Bonchev–Trinajstić information content (AvgIpc) is 3.24. The van der Waals surface area contributed by atoms with Crippen molar-refractivity contribution in [1.29, 1.82) is 0 Å². The van der Waals surface area contributed by atoms with Crippen molar-refractivity contribution in [3.8, 4) is 17.1 Å². The number of hydrogen-bond donors (Lipinski definition) is 1. The minimum Gasteiger partial charge on any atom is -0.272 e. The Bertz CT molecular complexity index is 1290. The maximum Gasteiger partial charge on any atom is 0.250 e. The van der Waals surface area contributed by atoms with E-state index in [0.29, 0.717) is 26.6 Å². The molecule has 6 nitrogen and oxygen atoms in total. The first-order valence-electron chi connectivity index (χ1n) is 9.99. The van der Waals surface area contributed by atoms with Crippen LogP contribution in [0.2, 0.25) is 10.0 Å². The molecule has 1 aromatic heterocycles. The third-order valence-corrected chi connectivity index (χ3v) is 6.14. The van der Waals surface area contributed by atoms with Gasteiger partial charge in [0.05, 0.1) is 17.0 Å². The van der Waals surface area contributed by atoms with E-state index >= 15 is 0 Å². The van der Waals surface area contributed by atoms with Crippen LogP contribution in [0.25, 0.3) is 17.1 Å². The van der Waals surface area contributed by atoms with E-state index < -0.39 is 0 Å². The number of benzene rings is 3. The lowest BCUT2D eigenvalue weighted by Crippen LogP contribution is -2.20. The van der Waals surface area contributed by atoms with E-state index in [9.17, 15) is 4.79 Å². The lowest BCUT2D eigenvalue weighted by atomic mass is 10.2. The summed E-state index contributed by atoms with van der Waals surface area (Å²) in [5.41, 5.74) is 6.17. The molecule has 0 atom stereocenters. The van der Waals surface area contributed by atoms with Gasteiger partial charge in [-0.2, -0.15) is 5.10 Å². The topological polar surface area (TPSA) is 72.2 Å². The molecule has 0 bridgehead atoms. The number of carbonyl (C=O) groups is 1. The van der Waals surface area contributed by atoms with Crippen molar-refractivity contribution in [2.45, 2.75) is 12.1 Å². The Balaban J connectivity index is 1.49. The van der Waals surface area contributed by atoms with Crippen LogP contribution in [0.5, 0.6) is 0 Å². The summed E-state index contributed by atoms with van der Waals surface area (Å²) in [4.78, 5) is 12.4. The van der Waals surface area contributed by atoms with E-state index in [0.717, 1.165) is 16.8 Å². The number of nitrogens with zero attached hydrogens (tertiary/aromatic N) is 4. The number of thioether (sulfide) groups is 1.